The van der Waals surface area contributed by atoms with Crippen molar-refractivity contribution in [1.29, 1.82) is 0 Å². The van der Waals surface area contributed by atoms with Crippen LogP contribution in [0.4, 0.5) is 0 Å². The maximum atomic E-state index is 2.67. The first-order valence-electron chi connectivity index (χ1n) is 5.12. The lowest BCUT2D eigenvalue weighted by atomic mass is 10.1. The van der Waals surface area contributed by atoms with E-state index in [0.717, 1.165) is 6.04 Å². The van der Waals surface area contributed by atoms with Crippen molar-refractivity contribution in [2.75, 3.05) is 13.1 Å². The minimum atomic E-state index is 0.931. The molecule has 0 N–H and O–H groups in total. The highest BCUT2D eigenvalue weighted by Gasteiger charge is 2.21. The Morgan fingerprint density at radius 2 is 2.09 bits per heavy atom. The summed E-state index contributed by atoms with van der Waals surface area (Å²) in [6.45, 7) is 7.26. The quantitative estimate of drug-likeness (QED) is 0.603. The van der Waals surface area contributed by atoms with Gasteiger partial charge in [-0.1, -0.05) is 20.3 Å². The molecule has 1 fully saturated rings. The summed E-state index contributed by atoms with van der Waals surface area (Å²) in [5.41, 5.74) is 0. The molecule has 0 amide bonds. The van der Waals surface area contributed by atoms with E-state index in [1.165, 1.54) is 45.2 Å². The Hall–Kier alpha value is -0.0400. The zero-order valence-corrected chi connectivity index (χ0v) is 7.97. The van der Waals surface area contributed by atoms with Crippen LogP contribution in [0.15, 0.2) is 0 Å². The molecule has 0 radical (unpaired) electrons. The number of hydrogen-bond donors (Lipinski definition) is 0. The molecule has 1 unspecified atom stereocenters. The molecule has 11 heavy (non-hydrogen) atoms. The number of likely N-dealkylation sites (tertiary alicyclic amines) is 1. The van der Waals surface area contributed by atoms with Crippen LogP contribution >= 0.6 is 0 Å². The maximum Gasteiger partial charge on any atom is 0.00956 e. The molecule has 1 aliphatic rings. The lowest BCUT2D eigenvalue weighted by Gasteiger charge is -2.23. The molecule has 0 saturated carbocycles. The lowest BCUT2D eigenvalue weighted by molar-refractivity contribution is 0.242. The maximum absolute atomic E-state index is 2.67. The summed E-state index contributed by atoms with van der Waals surface area (Å²) < 4.78 is 0. The molecule has 0 bridgehead atoms. The van der Waals surface area contributed by atoms with Crippen molar-refractivity contribution in [3.63, 3.8) is 0 Å². The molecule has 0 aromatic rings. The van der Waals surface area contributed by atoms with Gasteiger partial charge in [0.2, 0.25) is 0 Å². The second-order valence-electron chi connectivity index (χ2n) is 3.62. The van der Waals surface area contributed by atoms with Gasteiger partial charge in [0, 0.05) is 6.04 Å². The average Bonchev–Trinajstić information content (AvgIpc) is 2.39. The Bertz CT molecular complexity index is 89.0. The van der Waals surface area contributed by atoms with Crippen molar-refractivity contribution in [3.05, 3.63) is 0 Å². The SMILES string of the molecule is CCCC1CCCN1CCC. The molecular weight excluding hydrogens is 134 g/mol. The van der Waals surface area contributed by atoms with Crippen molar-refractivity contribution < 1.29 is 0 Å². The predicted molar refractivity (Wildman–Crippen MR) is 49.8 cm³/mol. The van der Waals surface area contributed by atoms with Crippen LogP contribution in [0.5, 0.6) is 0 Å². The molecule has 1 saturated heterocycles. The van der Waals surface area contributed by atoms with Crippen LogP contribution in [0.3, 0.4) is 0 Å². The highest BCUT2D eigenvalue weighted by molar-refractivity contribution is 4.77. The molecule has 0 aromatic carbocycles. The van der Waals surface area contributed by atoms with Crippen LogP contribution in [-0.2, 0) is 0 Å². The van der Waals surface area contributed by atoms with Crippen LogP contribution in [0, 0.1) is 0 Å². The van der Waals surface area contributed by atoms with Gasteiger partial charge in [-0.2, -0.15) is 0 Å². The molecule has 0 aromatic heterocycles. The molecule has 0 aliphatic carbocycles. The predicted octanol–water partition coefficient (Wildman–Crippen LogP) is 2.66. The van der Waals surface area contributed by atoms with Gasteiger partial charge < -0.3 is 4.90 Å². The third-order valence-electron chi connectivity index (χ3n) is 2.63. The smallest absolute Gasteiger partial charge is 0.00956 e. The van der Waals surface area contributed by atoms with E-state index in [1.54, 1.807) is 0 Å². The van der Waals surface area contributed by atoms with E-state index >= 15 is 0 Å². The summed E-state index contributed by atoms with van der Waals surface area (Å²) >= 11 is 0. The molecule has 1 rings (SSSR count). The van der Waals surface area contributed by atoms with Crippen LogP contribution in [0.1, 0.15) is 46.0 Å². The Morgan fingerprint density at radius 3 is 2.73 bits per heavy atom. The van der Waals surface area contributed by atoms with Gasteiger partial charge in [0.15, 0.2) is 0 Å². The normalized spacial score (nSPS) is 26.2. The van der Waals surface area contributed by atoms with Crippen LogP contribution in [-0.4, -0.2) is 24.0 Å². The van der Waals surface area contributed by atoms with Gasteiger partial charge in [-0.3, -0.25) is 0 Å². The summed E-state index contributed by atoms with van der Waals surface area (Å²) in [6.07, 6.45) is 6.98. The lowest BCUT2D eigenvalue weighted by Crippen LogP contribution is -2.29. The van der Waals surface area contributed by atoms with Gasteiger partial charge in [-0.25, -0.2) is 0 Å². The van der Waals surface area contributed by atoms with E-state index in [4.69, 9.17) is 0 Å². The van der Waals surface area contributed by atoms with E-state index in [0.29, 0.717) is 0 Å². The van der Waals surface area contributed by atoms with E-state index in [-0.39, 0.29) is 0 Å². The summed E-state index contributed by atoms with van der Waals surface area (Å²) in [4.78, 5) is 2.67. The van der Waals surface area contributed by atoms with Gasteiger partial charge in [-0.05, 0) is 38.8 Å². The number of rotatable bonds is 4. The van der Waals surface area contributed by atoms with Crippen LogP contribution in [0.2, 0.25) is 0 Å². The van der Waals surface area contributed by atoms with E-state index in [2.05, 4.69) is 18.7 Å². The van der Waals surface area contributed by atoms with Gasteiger partial charge in [0.1, 0.15) is 0 Å². The van der Waals surface area contributed by atoms with Crippen molar-refractivity contribution in [2.45, 2.75) is 52.0 Å². The zero-order chi connectivity index (χ0) is 8.10. The molecule has 1 atom stereocenters. The molecule has 1 aliphatic heterocycles. The fourth-order valence-electron chi connectivity index (χ4n) is 2.14. The fourth-order valence-corrected chi connectivity index (χ4v) is 2.14. The van der Waals surface area contributed by atoms with Crippen molar-refractivity contribution in [2.24, 2.45) is 0 Å². The van der Waals surface area contributed by atoms with Crippen LogP contribution < -0.4 is 0 Å². The molecule has 66 valence electrons. The van der Waals surface area contributed by atoms with Gasteiger partial charge in [-0.15, -0.1) is 0 Å². The van der Waals surface area contributed by atoms with Crippen molar-refractivity contribution >= 4 is 0 Å². The van der Waals surface area contributed by atoms with E-state index in [9.17, 15) is 0 Å². The number of hydrogen-bond acceptors (Lipinski definition) is 1. The topological polar surface area (TPSA) is 3.24 Å². The Morgan fingerprint density at radius 1 is 1.27 bits per heavy atom. The fraction of sp³-hybridized carbons (Fsp3) is 1.00. The molecule has 1 heterocycles. The summed E-state index contributed by atoms with van der Waals surface area (Å²) in [7, 11) is 0. The average molecular weight is 155 g/mol. The van der Waals surface area contributed by atoms with Crippen LogP contribution in [0.25, 0.3) is 0 Å². The summed E-state index contributed by atoms with van der Waals surface area (Å²) in [5, 5.41) is 0. The highest BCUT2D eigenvalue weighted by atomic mass is 15.2. The summed E-state index contributed by atoms with van der Waals surface area (Å²) in [6, 6.07) is 0.931. The molecule has 0 spiro atoms. The van der Waals surface area contributed by atoms with E-state index in [1.807, 2.05) is 0 Å². The number of nitrogens with zero attached hydrogens (tertiary/aromatic N) is 1. The second kappa shape index (κ2) is 4.76. The van der Waals surface area contributed by atoms with E-state index < -0.39 is 0 Å². The highest BCUT2D eigenvalue weighted by Crippen LogP contribution is 2.20. The summed E-state index contributed by atoms with van der Waals surface area (Å²) in [5.74, 6) is 0. The van der Waals surface area contributed by atoms with Gasteiger partial charge in [0.05, 0.1) is 0 Å². The second-order valence-corrected chi connectivity index (χ2v) is 3.62. The standard InChI is InChI=1S/C10H21N/c1-3-6-10-7-5-9-11(10)8-4-2/h10H,3-9H2,1-2H3. The third-order valence-corrected chi connectivity index (χ3v) is 2.63. The van der Waals surface area contributed by atoms with Gasteiger partial charge in [0.25, 0.3) is 0 Å². The first-order valence-corrected chi connectivity index (χ1v) is 5.12. The third kappa shape index (κ3) is 2.48. The first-order chi connectivity index (χ1) is 5.38. The van der Waals surface area contributed by atoms with Crippen molar-refractivity contribution in [3.8, 4) is 0 Å². The minimum absolute atomic E-state index is 0.931. The molecular formula is C10H21N. The Kier molecular flexibility index (Phi) is 3.92. The Balaban J connectivity index is 2.25. The minimum Gasteiger partial charge on any atom is -0.300 e. The first kappa shape index (κ1) is 9.05. The zero-order valence-electron chi connectivity index (χ0n) is 7.97. The molecule has 1 nitrogen and oxygen atoms in total. The largest absolute Gasteiger partial charge is 0.300 e. The molecule has 1 heteroatoms. The Labute approximate surface area is 70.8 Å². The monoisotopic (exact) mass is 155 g/mol. The van der Waals surface area contributed by atoms with Gasteiger partial charge >= 0.3 is 0 Å². The van der Waals surface area contributed by atoms with Crippen molar-refractivity contribution in [1.82, 2.24) is 4.90 Å².